The lowest BCUT2D eigenvalue weighted by Crippen LogP contribution is -2.34. The van der Waals surface area contributed by atoms with Crippen molar-refractivity contribution < 1.29 is 47.5 Å². The van der Waals surface area contributed by atoms with Crippen molar-refractivity contribution in [1.29, 1.82) is 0 Å². The van der Waals surface area contributed by atoms with Gasteiger partial charge in [-0.3, -0.25) is 23.4 Å². The Morgan fingerprint density at radius 3 is 1.45 bits per heavy atom. The van der Waals surface area contributed by atoms with Crippen LogP contribution < -0.4 is 5.73 Å². The molecule has 0 amide bonds. The third-order valence-electron chi connectivity index (χ3n) is 9.36. The Morgan fingerprint density at radius 1 is 0.554 bits per heavy atom. The van der Waals surface area contributed by atoms with Crippen LogP contribution in [-0.2, 0) is 37.5 Å². The summed E-state index contributed by atoms with van der Waals surface area (Å²) < 4.78 is 32.7. The molecule has 0 spiro atoms. The third kappa shape index (κ3) is 38.6. The molecule has 0 aliphatic heterocycles. The fourth-order valence-electron chi connectivity index (χ4n) is 5.85. The number of phosphoric acid groups is 1. The van der Waals surface area contributed by atoms with Crippen molar-refractivity contribution >= 4 is 25.7 Å². The topological polar surface area (TPSA) is 172 Å². The number of carboxylic acids is 1. The number of ether oxygens (including phenoxy) is 2. The Morgan fingerprint density at radius 2 is 0.946 bits per heavy atom. The summed E-state index contributed by atoms with van der Waals surface area (Å²) in [6.45, 7) is 2.75. The van der Waals surface area contributed by atoms with E-state index in [1.165, 1.54) is 83.5 Å². The second-order valence-corrected chi connectivity index (χ2v) is 16.3. The molecular weight excluding hydrogens is 733 g/mol. The second-order valence-electron chi connectivity index (χ2n) is 14.8. The van der Waals surface area contributed by atoms with Crippen LogP contribution in [0.4, 0.5) is 0 Å². The Bertz CT molecular complexity index is 1100. The molecule has 56 heavy (non-hydrogen) atoms. The number of rotatable bonds is 41. The first-order chi connectivity index (χ1) is 27.1. The number of nitrogens with two attached hydrogens (primary N) is 1. The molecular formula is C44H80NO10P. The molecule has 0 fully saturated rings. The number of carbonyl (C=O) groups is 3. The maximum absolute atomic E-state index is 12.6. The van der Waals surface area contributed by atoms with Crippen LogP contribution in [0.25, 0.3) is 0 Å². The van der Waals surface area contributed by atoms with Crippen LogP contribution in [0.15, 0.2) is 36.5 Å². The molecule has 0 aromatic rings. The van der Waals surface area contributed by atoms with Gasteiger partial charge < -0.3 is 25.2 Å². The first-order valence-corrected chi connectivity index (χ1v) is 23.5. The summed E-state index contributed by atoms with van der Waals surface area (Å²) in [4.78, 5) is 45.9. The molecule has 0 saturated heterocycles. The number of aliphatic carboxylic acids is 1. The highest BCUT2D eigenvalue weighted by atomic mass is 31.2. The quantitative estimate of drug-likeness (QED) is 0.0232. The summed E-state index contributed by atoms with van der Waals surface area (Å²) in [5, 5.41) is 8.89. The van der Waals surface area contributed by atoms with Gasteiger partial charge >= 0.3 is 25.7 Å². The van der Waals surface area contributed by atoms with Gasteiger partial charge in [-0.2, -0.15) is 0 Å². The average Bonchev–Trinajstić information content (AvgIpc) is 3.17. The van der Waals surface area contributed by atoms with E-state index in [1.807, 2.05) is 0 Å². The van der Waals surface area contributed by atoms with Crippen molar-refractivity contribution in [3.8, 4) is 0 Å². The molecule has 12 heteroatoms. The Labute approximate surface area is 340 Å². The van der Waals surface area contributed by atoms with Gasteiger partial charge in [0.2, 0.25) is 0 Å². The smallest absolute Gasteiger partial charge is 0.472 e. The van der Waals surface area contributed by atoms with Gasteiger partial charge in [0, 0.05) is 12.8 Å². The lowest BCUT2D eigenvalue weighted by atomic mass is 10.1. The molecule has 0 saturated carbocycles. The van der Waals surface area contributed by atoms with Crippen LogP contribution in [0, 0.1) is 0 Å². The SMILES string of the molecule is CCCCC/C=C\C/C=C\CCCCCCCCCCCC(=O)OC(COC(=O)CCCCCCC/C=C\CCCCCC)COP(=O)(O)OCC(N)C(=O)O. The van der Waals surface area contributed by atoms with Crippen molar-refractivity contribution in [3.63, 3.8) is 0 Å². The molecule has 3 unspecified atom stereocenters. The first-order valence-electron chi connectivity index (χ1n) is 22.0. The third-order valence-corrected chi connectivity index (χ3v) is 10.3. The molecule has 3 atom stereocenters. The van der Waals surface area contributed by atoms with Gasteiger partial charge in [0.15, 0.2) is 6.10 Å². The van der Waals surface area contributed by atoms with Crippen molar-refractivity contribution in [2.24, 2.45) is 5.73 Å². The summed E-state index contributed by atoms with van der Waals surface area (Å²) in [6.07, 6.45) is 42.0. The highest BCUT2D eigenvalue weighted by Crippen LogP contribution is 2.43. The lowest BCUT2D eigenvalue weighted by Gasteiger charge is -2.20. The zero-order valence-electron chi connectivity index (χ0n) is 35.2. The minimum atomic E-state index is -4.72. The van der Waals surface area contributed by atoms with Gasteiger partial charge in [0.25, 0.3) is 0 Å². The van der Waals surface area contributed by atoms with E-state index in [0.29, 0.717) is 12.8 Å². The average molecular weight is 814 g/mol. The Balaban J connectivity index is 4.35. The maximum Gasteiger partial charge on any atom is 0.472 e. The standard InChI is InChI=1S/C44H80NO10P/c1-3-5-7-9-11-13-15-17-18-19-20-21-22-24-26-28-30-32-34-36-43(47)55-40(38-53-56(50,51)54-39-41(45)44(48)49)37-52-42(46)35-33-31-29-27-25-23-16-14-12-10-8-6-4-2/h11,13-14,16-18,40-41H,3-10,12,15,19-39,45H2,1-2H3,(H,48,49)(H,50,51)/b13-11-,16-14-,18-17-. The highest BCUT2D eigenvalue weighted by molar-refractivity contribution is 7.47. The van der Waals surface area contributed by atoms with E-state index in [9.17, 15) is 23.8 Å². The zero-order valence-corrected chi connectivity index (χ0v) is 36.1. The minimum absolute atomic E-state index is 0.155. The van der Waals surface area contributed by atoms with E-state index in [0.717, 1.165) is 70.6 Å². The summed E-state index contributed by atoms with van der Waals surface area (Å²) >= 11 is 0. The highest BCUT2D eigenvalue weighted by Gasteiger charge is 2.28. The number of esters is 2. The minimum Gasteiger partial charge on any atom is -0.480 e. The predicted molar refractivity (Wildman–Crippen MR) is 226 cm³/mol. The Hall–Kier alpha value is -2.30. The molecule has 0 aliphatic carbocycles. The number of carbonyl (C=O) groups excluding carboxylic acids is 2. The van der Waals surface area contributed by atoms with E-state index < -0.39 is 51.1 Å². The summed E-state index contributed by atoms with van der Waals surface area (Å²) in [7, 11) is -4.72. The van der Waals surface area contributed by atoms with Crippen LogP contribution in [0.1, 0.15) is 194 Å². The molecule has 0 heterocycles. The van der Waals surface area contributed by atoms with Crippen molar-refractivity contribution in [2.45, 2.75) is 206 Å². The number of hydrogen-bond acceptors (Lipinski definition) is 9. The van der Waals surface area contributed by atoms with Gasteiger partial charge in [-0.1, -0.05) is 147 Å². The van der Waals surface area contributed by atoms with Gasteiger partial charge in [-0.05, 0) is 70.6 Å². The van der Waals surface area contributed by atoms with E-state index in [4.69, 9.17) is 24.8 Å². The van der Waals surface area contributed by atoms with Crippen molar-refractivity contribution in [3.05, 3.63) is 36.5 Å². The second kappa shape index (κ2) is 39.5. The number of phosphoric ester groups is 1. The predicted octanol–water partition coefficient (Wildman–Crippen LogP) is 11.6. The number of hydrogen-bond donors (Lipinski definition) is 3. The molecule has 326 valence electrons. The van der Waals surface area contributed by atoms with E-state index in [1.54, 1.807) is 0 Å². The molecule has 11 nitrogen and oxygen atoms in total. The van der Waals surface area contributed by atoms with Gasteiger partial charge in [-0.25, -0.2) is 4.57 Å². The van der Waals surface area contributed by atoms with Crippen molar-refractivity contribution in [2.75, 3.05) is 19.8 Å². The van der Waals surface area contributed by atoms with Crippen LogP contribution in [-0.4, -0.2) is 59.9 Å². The summed E-state index contributed by atoms with van der Waals surface area (Å²) in [5.41, 5.74) is 5.33. The maximum atomic E-state index is 12.6. The summed E-state index contributed by atoms with van der Waals surface area (Å²) in [5.74, 6) is -2.39. The molecule has 4 N–H and O–H groups in total. The molecule has 0 bridgehead atoms. The normalized spacial score (nSPS) is 14.1. The van der Waals surface area contributed by atoms with Crippen LogP contribution in [0.2, 0.25) is 0 Å². The van der Waals surface area contributed by atoms with Crippen molar-refractivity contribution in [1.82, 2.24) is 0 Å². The fraction of sp³-hybridized carbons (Fsp3) is 0.795. The zero-order chi connectivity index (χ0) is 41.4. The van der Waals surface area contributed by atoms with E-state index in [2.05, 4.69) is 54.8 Å². The Kier molecular flexibility index (Phi) is 37.9. The molecule has 0 radical (unpaired) electrons. The van der Waals surface area contributed by atoms with E-state index >= 15 is 0 Å². The molecule has 0 aromatic heterocycles. The monoisotopic (exact) mass is 814 g/mol. The fourth-order valence-corrected chi connectivity index (χ4v) is 6.63. The lowest BCUT2D eigenvalue weighted by molar-refractivity contribution is -0.161. The number of carboxylic acid groups (broad SMARTS) is 1. The van der Waals surface area contributed by atoms with E-state index in [-0.39, 0.29) is 19.4 Å². The molecule has 0 rings (SSSR count). The van der Waals surface area contributed by atoms with Gasteiger partial charge in [-0.15, -0.1) is 0 Å². The van der Waals surface area contributed by atoms with Crippen LogP contribution in [0.3, 0.4) is 0 Å². The molecule has 0 aliphatic rings. The summed E-state index contributed by atoms with van der Waals surface area (Å²) in [6, 6.07) is -1.52. The van der Waals surface area contributed by atoms with Gasteiger partial charge in [0.1, 0.15) is 12.6 Å². The number of allylic oxidation sites excluding steroid dienone is 6. The van der Waals surface area contributed by atoms with Crippen LogP contribution >= 0.6 is 7.82 Å². The number of unbranched alkanes of at least 4 members (excludes halogenated alkanes) is 21. The van der Waals surface area contributed by atoms with Crippen LogP contribution in [0.5, 0.6) is 0 Å². The van der Waals surface area contributed by atoms with Gasteiger partial charge in [0.05, 0.1) is 13.2 Å². The molecule has 0 aromatic carbocycles. The first kappa shape index (κ1) is 53.7. The largest absolute Gasteiger partial charge is 0.480 e.